The van der Waals surface area contributed by atoms with Crippen LogP contribution in [-0.2, 0) is 14.3 Å². The van der Waals surface area contributed by atoms with Gasteiger partial charge in [0.2, 0.25) is 0 Å². The molecule has 1 saturated heterocycles. The molecule has 0 unspecified atom stereocenters. The first-order chi connectivity index (χ1) is 14.7. The van der Waals surface area contributed by atoms with E-state index >= 15 is 0 Å². The van der Waals surface area contributed by atoms with Crippen LogP contribution in [0.4, 0.5) is 5.69 Å². The zero-order valence-corrected chi connectivity index (χ0v) is 17.7. The van der Waals surface area contributed by atoms with E-state index in [1.165, 1.54) is 16.2 Å². The van der Waals surface area contributed by atoms with Gasteiger partial charge in [-0.1, -0.05) is 12.1 Å². The van der Waals surface area contributed by atoms with E-state index in [-0.39, 0.29) is 11.8 Å². The SMILES string of the molecule is CCOc1cccc(NC2=C(c3cccs3)C(=O)N(CCN3CCOCC3)C2=O)c1. The standard InChI is InChI=1S/C22H25N3O4S/c1-2-29-17-6-3-5-16(15-17)23-20-19(18-7-4-14-30-18)21(26)25(22(20)27)9-8-24-10-12-28-13-11-24/h3-7,14-15,23H,2,8-13H2,1H3. The van der Waals surface area contributed by atoms with Crippen LogP contribution in [0.25, 0.3) is 5.57 Å². The lowest BCUT2D eigenvalue weighted by Gasteiger charge is -2.28. The van der Waals surface area contributed by atoms with Crippen LogP contribution in [-0.4, -0.2) is 67.6 Å². The molecule has 0 saturated carbocycles. The monoisotopic (exact) mass is 427 g/mol. The molecule has 3 heterocycles. The van der Waals surface area contributed by atoms with Gasteiger partial charge in [0.1, 0.15) is 11.4 Å². The Labute approximate surface area is 179 Å². The number of carbonyl (C=O) groups is 2. The summed E-state index contributed by atoms with van der Waals surface area (Å²) in [4.78, 5) is 30.8. The predicted molar refractivity (Wildman–Crippen MR) is 116 cm³/mol. The molecule has 1 N–H and O–H groups in total. The lowest BCUT2D eigenvalue weighted by molar-refractivity contribution is -0.137. The summed E-state index contributed by atoms with van der Waals surface area (Å²) in [5.41, 5.74) is 1.46. The Hall–Kier alpha value is -2.68. The van der Waals surface area contributed by atoms with Gasteiger partial charge in [0.15, 0.2) is 0 Å². The number of imide groups is 1. The minimum absolute atomic E-state index is 0.251. The maximum atomic E-state index is 13.2. The Bertz CT molecular complexity index is 936. The van der Waals surface area contributed by atoms with E-state index in [0.29, 0.717) is 55.6 Å². The molecular formula is C22H25N3O4S. The van der Waals surface area contributed by atoms with Gasteiger partial charge in [-0.2, -0.15) is 0 Å². The van der Waals surface area contributed by atoms with Gasteiger partial charge in [0.05, 0.1) is 25.4 Å². The highest BCUT2D eigenvalue weighted by atomic mass is 32.1. The second-order valence-corrected chi connectivity index (χ2v) is 7.98. The quantitative estimate of drug-likeness (QED) is 0.653. The molecule has 7 nitrogen and oxygen atoms in total. The van der Waals surface area contributed by atoms with Crippen molar-refractivity contribution in [3.63, 3.8) is 0 Å². The summed E-state index contributed by atoms with van der Waals surface area (Å²) in [5, 5.41) is 5.09. The number of nitrogens with zero attached hydrogens (tertiary/aromatic N) is 2. The molecule has 1 aromatic heterocycles. The zero-order chi connectivity index (χ0) is 20.9. The highest BCUT2D eigenvalue weighted by Crippen LogP contribution is 2.33. The van der Waals surface area contributed by atoms with Crippen molar-refractivity contribution in [1.82, 2.24) is 9.80 Å². The van der Waals surface area contributed by atoms with Crippen LogP contribution >= 0.6 is 11.3 Å². The van der Waals surface area contributed by atoms with Gasteiger partial charge < -0.3 is 14.8 Å². The molecule has 2 aliphatic rings. The van der Waals surface area contributed by atoms with Crippen LogP contribution in [0.3, 0.4) is 0 Å². The third-order valence-electron chi connectivity index (χ3n) is 5.09. The molecule has 0 bridgehead atoms. The number of carbonyl (C=O) groups excluding carboxylic acids is 2. The van der Waals surface area contributed by atoms with Gasteiger partial charge in [0.25, 0.3) is 11.8 Å². The highest BCUT2D eigenvalue weighted by molar-refractivity contribution is 7.11. The number of ether oxygens (including phenoxy) is 2. The summed E-state index contributed by atoms with van der Waals surface area (Å²) in [6.45, 7) is 6.48. The molecule has 2 aliphatic heterocycles. The first-order valence-corrected chi connectivity index (χ1v) is 11.0. The molecule has 158 valence electrons. The fraction of sp³-hybridized carbons (Fsp3) is 0.364. The van der Waals surface area contributed by atoms with Crippen LogP contribution in [0.5, 0.6) is 5.75 Å². The molecule has 1 fully saturated rings. The summed E-state index contributed by atoms with van der Waals surface area (Å²) >= 11 is 1.45. The number of hydrogen-bond acceptors (Lipinski definition) is 7. The zero-order valence-electron chi connectivity index (χ0n) is 16.9. The second-order valence-electron chi connectivity index (χ2n) is 7.03. The molecule has 30 heavy (non-hydrogen) atoms. The minimum Gasteiger partial charge on any atom is -0.494 e. The lowest BCUT2D eigenvalue weighted by atomic mass is 10.2. The molecule has 0 radical (unpaired) electrons. The Balaban J connectivity index is 1.57. The molecule has 1 aromatic carbocycles. The van der Waals surface area contributed by atoms with Crippen molar-refractivity contribution in [2.45, 2.75) is 6.92 Å². The molecular weight excluding hydrogens is 402 g/mol. The summed E-state index contributed by atoms with van der Waals surface area (Å²) in [7, 11) is 0. The van der Waals surface area contributed by atoms with Crippen molar-refractivity contribution in [3.05, 3.63) is 52.4 Å². The van der Waals surface area contributed by atoms with Crippen LogP contribution < -0.4 is 10.1 Å². The molecule has 4 rings (SSSR count). The van der Waals surface area contributed by atoms with Crippen molar-refractivity contribution in [2.75, 3.05) is 51.3 Å². The van der Waals surface area contributed by atoms with Crippen LogP contribution in [0.2, 0.25) is 0 Å². The number of benzene rings is 1. The Morgan fingerprint density at radius 1 is 1.10 bits per heavy atom. The van der Waals surface area contributed by atoms with E-state index in [0.717, 1.165) is 18.0 Å². The fourth-order valence-electron chi connectivity index (χ4n) is 3.59. The molecule has 0 atom stereocenters. The van der Waals surface area contributed by atoms with Crippen molar-refractivity contribution >= 4 is 34.4 Å². The maximum Gasteiger partial charge on any atom is 0.278 e. The van der Waals surface area contributed by atoms with Gasteiger partial charge in [0, 0.05) is 42.8 Å². The summed E-state index contributed by atoms with van der Waals surface area (Å²) < 4.78 is 10.9. The van der Waals surface area contributed by atoms with Crippen molar-refractivity contribution in [3.8, 4) is 5.75 Å². The number of thiophene rings is 1. The van der Waals surface area contributed by atoms with E-state index in [4.69, 9.17) is 9.47 Å². The highest BCUT2D eigenvalue weighted by Gasteiger charge is 2.39. The van der Waals surface area contributed by atoms with E-state index < -0.39 is 0 Å². The first-order valence-electron chi connectivity index (χ1n) is 10.1. The van der Waals surface area contributed by atoms with Crippen LogP contribution in [0.15, 0.2) is 47.5 Å². The second kappa shape index (κ2) is 9.42. The average Bonchev–Trinajstić information content (AvgIpc) is 3.35. The fourth-order valence-corrected chi connectivity index (χ4v) is 4.35. The minimum atomic E-state index is -0.293. The van der Waals surface area contributed by atoms with Gasteiger partial charge in [-0.25, -0.2) is 0 Å². The summed E-state index contributed by atoms with van der Waals surface area (Å²) in [6, 6.07) is 11.2. The van der Waals surface area contributed by atoms with Gasteiger partial charge in [-0.05, 0) is 30.5 Å². The summed E-state index contributed by atoms with van der Waals surface area (Å²) in [6.07, 6.45) is 0. The van der Waals surface area contributed by atoms with Gasteiger partial charge in [-0.3, -0.25) is 19.4 Å². The molecule has 8 heteroatoms. The normalized spacial score (nSPS) is 17.7. The topological polar surface area (TPSA) is 71.1 Å². The van der Waals surface area contributed by atoms with Gasteiger partial charge >= 0.3 is 0 Å². The van der Waals surface area contributed by atoms with E-state index in [2.05, 4.69) is 10.2 Å². The van der Waals surface area contributed by atoms with Gasteiger partial charge in [-0.15, -0.1) is 11.3 Å². The number of rotatable bonds is 8. The number of hydrogen-bond donors (Lipinski definition) is 1. The van der Waals surface area contributed by atoms with E-state index in [9.17, 15) is 9.59 Å². The predicted octanol–water partition coefficient (Wildman–Crippen LogP) is 2.67. The molecule has 0 aliphatic carbocycles. The van der Waals surface area contributed by atoms with Crippen molar-refractivity contribution < 1.29 is 19.1 Å². The van der Waals surface area contributed by atoms with E-state index in [1.54, 1.807) is 0 Å². The average molecular weight is 428 g/mol. The molecule has 2 aromatic rings. The lowest BCUT2D eigenvalue weighted by Crippen LogP contribution is -2.43. The van der Waals surface area contributed by atoms with Crippen molar-refractivity contribution in [2.24, 2.45) is 0 Å². The molecule has 2 amide bonds. The Morgan fingerprint density at radius 3 is 2.67 bits per heavy atom. The first kappa shape index (κ1) is 20.6. The maximum absolute atomic E-state index is 13.2. The Kier molecular flexibility index (Phi) is 6.47. The number of amides is 2. The number of nitrogens with one attached hydrogen (secondary N) is 1. The third-order valence-corrected chi connectivity index (χ3v) is 5.98. The molecule has 0 spiro atoms. The largest absolute Gasteiger partial charge is 0.494 e. The number of anilines is 1. The Morgan fingerprint density at radius 2 is 1.93 bits per heavy atom. The third kappa shape index (κ3) is 4.40. The summed E-state index contributed by atoms with van der Waals surface area (Å²) in [5.74, 6) is 0.166. The number of morpholine rings is 1. The van der Waals surface area contributed by atoms with Crippen LogP contribution in [0.1, 0.15) is 11.8 Å². The van der Waals surface area contributed by atoms with E-state index in [1.807, 2.05) is 48.7 Å². The van der Waals surface area contributed by atoms with Crippen LogP contribution in [0, 0.1) is 0 Å². The smallest absolute Gasteiger partial charge is 0.278 e. The van der Waals surface area contributed by atoms with Crippen molar-refractivity contribution in [1.29, 1.82) is 0 Å².